The lowest BCUT2D eigenvalue weighted by molar-refractivity contribution is -0.139. The number of sulfonamides is 1. The molecule has 0 aliphatic heterocycles. The summed E-state index contributed by atoms with van der Waals surface area (Å²) in [4.78, 5) is 28.8. The highest BCUT2D eigenvalue weighted by Crippen LogP contribution is 2.31. The first-order chi connectivity index (χ1) is 20.5. The zero-order chi connectivity index (χ0) is 31.1. The Bertz CT molecular complexity index is 1690. The molecule has 0 saturated carbocycles. The van der Waals surface area contributed by atoms with Gasteiger partial charge in [-0.2, -0.15) is 0 Å². The molecule has 0 saturated heterocycles. The van der Waals surface area contributed by atoms with E-state index in [2.05, 4.69) is 5.32 Å². The van der Waals surface area contributed by atoms with Gasteiger partial charge in [0.1, 0.15) is 18.4 Å². The second-order valence-electron chi connectivity index (χ2n) is 9.89. The number of anilines is 1. The summed E-state index contributed by atoms with van der Waals surface area (Å²) < 4.78 is 42.7. The van der Waals surface area contributed by atoms with Gasteiger partial charge in [-0.15, -0.1) is 0 Å². The fourth-order valence-electron chi connectivity index (χ4n) is 4.51. The molecule has 0 radical (unpaired) electrons. The van der Waals surface area contributed by atoms with Gasteiger partial charge in [0, 0.05) is 20.0 Å². The highest BCUT2D eigenvalue weighted by Gasteiger charge is 2.34. The van der Waals surface area contributed by atoms with E-state index in [-0.39, 0.29) is 33.6 Å². The molecule has 7 nitrogen and oxygen atoms in total. The van der Waals surface area contributed by atoms with Crippen molar-refractivity contribution in [1.82, 2.24) is 10.2 Å². The molecular formula is C32H30Cl2FN3O4S. The van der Waals surface area contributed by atoms with Crippen LogP contribution in [-0.2, 0) is 32.6 Å². The maximum absolute atomic E-state index is 14.2. The van der Waals surface area contributed by atoms with Crippen molar-refractivity contribution in [1.29, 1.82) is 0 Å². The lowest BCUT2D eigenvalue weighted by Gasteiger charge is -2.33. The largest absolute Gasteiger partial charge is 0.357 e. The van der Waals surface area contributed by atoms with Gasteiger partial charge in [0.15, 0.2) is 0 Å². The molecule has 0 aliphatic rings. The number of hydrogen-bond donors (Lipinski definition) is 1. The van der Waals surface area contributed by atoms with Crippen LogP contribution in [0.4, 0.5) is 10.1 Å². The quantitative estimate of drug-likeness (QED) is 0.217. The number of carbonyl (C=O) groups excluding carboxylic acids is 2. The van der Waals surface area contributed by atoms with Gasteiger partial charge >= 0.3 is 0 Å². The van der Waals surface area contributed by atoms with Gasteiger partial charge < -0.3 is 10.2 Å². The number of benzene rings is 4. The second-order valence-corrected chi connectivity index (χ2v) is 12.6. The lowest BCUT2D eigenvalue weighted by Crippen LogP contribution is -2.53. The normalized spacial score (nSPS) is 11.9. The van der Waals surface area contributed by atoms with Crippen molar-refractivity contribution in [3.63, 3.8) is 0 Å². The van der Waals surface area contributed by atoms with Crippen molar-refractivity contribution >= 4 is 50.7 Å². The van der Waals surface area contributed by atoms with Gasteiger partial charge in [-0.05, 0) is 60.5 Å². The van der Waals surface area contributed by atoms with Gasteiger partial charge in [0.25, 0.3) is 10.0 Å². The number of halogens is 3. The Morgan fingerprint density at radius 2 is 1.51 bits per heavy atom. The topological polar surface area (TPSA) is 86.8 Å². The molecule has 0 aliphatic carbocycles. The van der Waals surface area contributed by atoms with Crippen LogP contribution in [0.25, 0.3) is 0 Å². The molecule has 0 heterocycles. The second kappa shape index (κ2) is 14.0. The first-order valence-electron chi connectivity index (χ1n) is 13.3. The van der Waals surface area contributed by atoms with Crippen LogP contribution in [-0.4, -0.2) is 44.8 Å². The predicted molar refractivity (Wildman–Crippen MR) is 167 cm³/mol. The van der Waals surface area contributed by atoms with Gasteiger partial charge in [-0.1, -0.05) is 83.4 Å². The molecule has 4 aromatic carbocycles. The Morgan fingerprint density at radius 3 is 2.12 bits per heavy atom. The average Bonchev–Trinajstić information content (AvgIpc) is 3.00. The number of likely N-dealkylation sites (N-methyl/N-ethyl adjacent to an activating group) is 1. The molecular weight excluding hydrogens is 612 g/mol. The van der Waals surface area contributed by atoms with E-state index in [4.69, 9.17) is 23.2 Å². The van der Waals surface area contributed by atoms with Gasteiger partial charge in [-0.25, -0.2) is 12.8 Å². The number of aryl methyl sites for hydroxylation is 1. The number of rotatable bonds is 11. The summed E-state index contributed by atoms with van der Waals surface area (Å²) in [7, 11) is -2.82. The first kappa shape index (κ1) is 32.0. The number of carbonyl (C=O) groups is 2. The van der Waals surface area contributed by atoms with E-state index < -0.39 is 40.2 Å². The lowest BCUT2D eigenvalue weighted by atomic mass is 10.0. The van der Waals surface area contributed by atoms with E-state index in [0.717, 1.165) is 15.4 Å². The molecule has 0 aromatic heterocycles. The van der Waals surface area contributed by atoms with E-state index in [0.29, 0.717) is 5.56 Å². The standard InChI is InChI=1S/C32H30Cl2FN3O4S/c1-22-8-15-27(16-9-22)43(41,42)38(26-14-17-28(33)29(34)19-26)21-31(39)37(20-24-10-12-25(35)13-11-24)30(32(40)36-2)18-23-6-4-3-5-7-23/h3-17,19,30H,18,20-21H2,1-2H3,(H,36,40). The minimum Gasteiger partial charge on any atom is -0.357 e. The molecule has 4 rings (SSSR count). The highest BCUT2D eigenvalue weighted by atomic mass is 35.5. The molecule has 0 bridgehead atoms. The van der Waals surface area contributed by atoms with Crippen molar-refractivity contribution in [3.8, 4) is 0 Å². The number of nitrogens with one attached hydrogen (secondary N) is 1. The monoisotopic (exact) mass is 641 g/mol. The van der Waals surface area contributed by atoms with Crippen molar-refractivity contribution in [2.24, 2.45) is 0 Å². The predicted octanol–water partition coefficient (Wildman–Crippen LogP) is 6.02. The van der Waals surface area contributed by atoms with Crippen molar-refractivity contribution in [2.75, 3.05) is 17.9 Å². The fraction of sp³-hybridized carbons (Fsp3) is 0.188. The maximum Gasteiger partial charge on any atom is 0.264 e. The summed E-state index contributed by atoms with van der Waals surface area (Å²) in [5.41, 5.74) is 2.32. The van der Waals surface area contributed by atoms with E-state index in [9.17, 15) is 22.4 Å². The Hall–Kier alpha value is -3.92. The summed E-state index contributed by atoms with van der Waals surface area (Å²) in [6.45, 7) is 1.09. The van der Waals surface area contributed by atoms with Crippen molar-refractivity contribution in [2.45, 2.75) is 30.8 Å². The van der Waals surface area contributed by atoms with Crippen LogP contribution in [0.15, 0.2) is 102 Å². The Labute approximate surface area is 260 Å². The minimum atomic E-state index is -4.28. The molecule has 224 valence electrons. The summed E-state index contributed by atoms with van der Waals surface area (Å²) in [6, 6.07) is 24.2. The van der Waals surface area contributed by atoms with Crippen molar-refractivity contribution < 1.29 is 22.4 Å². The fourth-order valence-corrected chi connectivity index (χ4v) is 6.21. The Morgan fingerprint density at radius 1 is 0.860 bits per heavy atom. The average molecular weight is 643 g/mol. The van der Waals surface area contributed by atoms with E-state index in [1.165, 1.54) is 66.5 Å². The molecule has 4 aromatic rings. The molecule has 1 N–H and O–H groups in total. The van der Waals surface area contributed by atoms with E-state index in [1.807, 2.05) is 37.3 Å². The van der Waals surface area contributed by atoms with Gasteiger partial charge in [0.2, 0.25) is 11.8 Å². The third-order valence-electron chi connectivity index (χ3n) is 6.86. The Balaban J connectivity index is 1.80. The smallest absolute Gasteiger partial charge is 0.264 e. The molecule has 2 amide bonds. The molecule has 0 spiro atoms. The van der Waals surface area contributed by atoms with Crippen LogP contribution < -0.4 is 9.62 Å². The Kier molecular flexibility index (Phi) is 10.4. The molecule has 1 unspecified atom stereocenters. The SMILES string of the molecule is CNC(=O)C(Cc1ccccc1)N(Cc1ccc(F)cc1)C(=O)CN(c1ccc(Cl)c(Cl)c1)S(=O)(=O)c1ccc(C)cc1. The minimum absolute atomic E-state index is 0.0332. The number of nitrogens with zero attached hydrogens (tertiary/aromatic N) is 2. The third kappa shape index (κ3) is 7.93. The number of hydrogen-bond acceptors (Lipinski definition) is 4. The van der Waals surface area contributed by atoms with E-state index in [1.54, 1.807) is 12.1 Å². The van der Waals surface area contributed by atoms with Gasteiger partial charge in [0.05, 0.1) is 20.6 Å². The van der Waals surface area contributed by atoms with Crippen LogP contribution in [0.3, 0.4) is 0 Å². The third-order valence-corrected chi connectivity index (χ3v) is 9.39. The molecule has 11 heteroatoms. The van der Waals surface area contributed by atoms with Gasteiger partial charge in [-0.3, -0.25) is 13.9 Å². The zero-order valence-electron chi connectivity index (χ0n) is 23.5. The van der Waals surface area contributed by atoms with Crippen LogP contribution in [0.2, 0.25) is 10.0 Å². The highest BCUT2D eigenvalue weighted by molar-refractivity contribution is 7.92. The summed E-state index contributed by atoms with van der Waals surface area (Å²) in [6.07, 6.45) is 0.158. The summed E-state index contributed by atoms with van der Waals surface area (Å²) in [5.74, 6) is -1.55. The van der Waals surface area contributed by atoms with E-state index >= 15 is 0 Å². The maximum atomic E-state index is 14.2. The number of amides is 2. The van der Waals surface area contributed by atoms with Crippen molar-refractivity contribution in [3.05, 3.63) is 130 Å². The summed E-state index contributed by atoms with van der Waals surface area (Å²) >= 11 is 12.4. The summed E-state index contributed by atoms with van der Waals surface area (Å²) in [5, 5.41) is 2.93. The molecule has 0 fully saturated rings. The molecule has 43 heavy (non-hydrogen) atoms. The van der Waals surface area contributed by atoms with Crippen LogP contribution >= 0.6 is 23.2 Å². The zero-order valence-corrected chi connectivity index (χ0v) is 25.8. The first-order valence-corrected chi connectivity index (χ1v) is 15.5. The van der Waals surface area contributed by atoms with Crippen LogP contribution in [0.1, 0.15) is 16.7 Å². The van der Waals surface area contributed by atoms with Crippen LogP contribution in [0.5, 0.6) is 0 Å². The molecule has 1 atom stereocenters. The van der Waals surface area contributed by atoms with Crippen LogP contribution in [0, 0.1) is 12.7 Å².